The average molecular weight is 386 g/mol. The maximum absolute atomic E-state index is 12.1. The smallest absolute Gasteiger partial charge is 0.189 e. The van der Waals surface area contributed by atoms with Crippen LogP contribution in [0, 0.1) is 0 Å². The molecule has 0 saturated carbocycles. The standard InChI is InChI=1S/C25H26N2O2/c1-3-5-6-7-18-14-17(4-2)15-19(16-18)29-23-11-13-27-25-21(23)9-8-20-22(28)10-12-26-24(20)25/h8-16H,3-7H2,1-2H3,(H,26,28). The largest absolute Gasteiger partial charge is 0.457 e. The molecule has 2 aromatic heterocycles. The number of H-pyrrole nitrogens is 1. The van der Waals surface area contributed by atoms with Crippen molar-refractivity contribution in [2.45, 2.75) is 46.0 Å². The van der Waals surface area contributed by atoms with Crippen LogP contribution >= 0.6 is 0 Å². The van der Waals surface area contributed by atoms with Crippen LogP contribution in [0.4, 0.5) is 0 Å². The summed E-state index contributed by atoms with van der Waals surface area (Å²) >= 11 is 0. The van der Waals surface area contributed by atoms with Crippen molar-refractivity contribution in [2.24, 2.45) is 0 Å². The summed E-state index contributed by atoms with van der Waals surface area (Å²) in [6.07, 6.45) is 9.09. The summed E-state index contributed by atoms with van der Waals surface area (Å²) in [4.78, 5) is 19.8. The summed E-state index contributed by atoms with van der Waals surface area (Å²) in [5.41, 5.74) is 4.07. The lowest BCUT2D eigenvalue weighted by molar-refractivity contribution is 0.486. The number of pyridine rings is 2. The molecule has 148 valence electrons. The topological polar surface area (TPSA) is 55.0 Å². The second kappa shape index (κ2) is 8.48. The third-order valence-electron chi connectivity index (χ3n) is 5.33. The minimum Gasteiger partial charge on any atom is -0.457 e. The van der Waals surface area contributed by atoms with Gasteiger partial charge < -0.3 is 9.72 Å². The van der Waals surface area contributed by atoms with Crippen LogP contribution in [0.25, 0.3) is 21.8 Å². The van der Waals surface area contributed by atoms with Crippen molar-refractivity contribution in [3.05, 3.63) is 76.2 Å². The van der Waals surface area contributed by atoms with Crippen LogP contribution in [0.3, 0.4) is 0 Å². The molecule has 4 aromatic rings. The Morgan fingerprint density at radius 1 is 0.966 bits per heavy atom. The number of hydrogen-bond donors (Lipinski definition) is 1. The SMILES string of the molecule is CCCCCc1cc(CC)cc(Oc2ccnc3c2ccc2c(=O)cc[nH]c23)c1. The zero-order chi connectivity index (χ0) is 20.2. The minimum absolute atomic E-state index is 0.0128. The first-order valence-corrected chi connectivity index (χ1v) is 10.4. The molecule has 4 nitrogen and oxygen atoms in total. The number of ether oxygens (including phenoxy) is 1. The van der Waals surface area contributed by atoms with Gasteiger partial charge in [0, 0.05) is 29.2 Å². The summed E-state index contributed by atoms with van der Waals surface area (Å²) in [5, 5.41) is 1.52. The molecule has 0 fully saturated rings. The highest BCUT2D eigenvalue weighted by atomic mass is 16.5. The Hall–Kier alpha value is -3.14. The summed E-state index contributed by atoms with van der Waals surface area (Å²) in [6.45, 7) is 4.39. The van der Waals surface area contributed by atoms with E-state index in [1.165, 1.54) is 36.5 Å². The molecule has 0 aliphatic rings. The van der Waals surface area contributed by atoms with Gasteiger partial charge in [-0.15, -0.1) is 0 Å². The fourth-order valence-corrected chi connectivity index (χ4v) is 3.77. The molecule has 0 aliphatic heterocycles. The van der Waals surface area contributed by atoms with E-state index in [2.05, 4.69) is 42.0 Å². The molecule has 0 unspecified atom stereocenters. The number of aryl methyl sites for hydroxylation is 2. The Morgan fingerprint density at radius 3 is 2.62 bits per heavy atom. The van der Waals surface area contributed by atoms with E-state index >= 15 is 0 Å². The van der Waals surface area contributed by atoms with Gasteiger partial charge in [-0.2, -0.15) is 0 Å². The molecule has 2 aromatic carbocycles. The van der Waals surface area contributed by atoms with Crippen molar-refractivity contribution >= 4 is 21.8 Å². The van der Waals surface area contributed by atoms with Gasteiger partial charge in [0.15, 0.2) is 5.43 Å². The number of nitrogens with one attached hydrogen (secondary N) is 1. The Kier molecular flexibility index (Phi) is 5.61. The molecule has 0 radical (unpaired) electrons. The van der Waals surface area contributed by atoms with E-state index in [1.54, 1.807) is 12.4 Å². The van der Waals surface area contributed by atoms with E-state index in [4.69, 9.17) is 4.74 Å². The number of unbranched alkanes of at least 4 members (excludes halogenated alkanes) is 2. The molecule has 0 amide bonds. The van der Waals surface area contributed by atoms with Gasteiger partial charge in [0.2, 0.25) is 0 Å². The zero-order valence-electron chi connectivity index (χ0n) is 17.0. The second-order valence-corrected chi connectivity index (χ2v) is 7.43. The fraction of sp³-hybridized carbons (Fsp3) is 0.280. The lowest BCUT2D eigenvalue weighted by Gasteiger charge is -2.13. The van der Waals surface area contributed by atoms with Crippen LogP contribution in [-0.4, -0.2) is 9.97 Å². The second-order valence-electron chi connectivity index (χ2n) is 7.43. The minimum atomic E-state index is -0.0128. The molecule has 4 heteroatoms. The predicted molar refractivity (Wildman–Crippen MR) is 119 cm³/mol. The Balaban J connectivity index is 1.74. The summed E-state index contributed by atoms with van der Waals surface area (Å²) < 4.78 is 6.33. The van der Waals surface area contributed by atoms with E-state index in [-0.39, 0.29) is 5.43 Å². The normalized spacial score (nSPS) is 11.2. The van der Waals surface area contributed by atoms with Crippen LogP contribution in [-0.2, 0) is 12.8 Å². The zero-order valence-corrected chi connectivity index (χ0v) is 17.0. The number of rotatable bonds is 7. The first kappa shape index (κ1) is 19.2. The van der Waals surface area contributed by atoms with E-state index in [0.29, 0.717) is 5.39 Å². The average Bonchev–Trinajstić information content (AvgIpc) is 2.74. The van der Waals surface area contributed by atoms with E-state index in [1.807, 2.05) is 18.2 Å². The molecular weight excluding hydrogens is 360 g/mol. The molecule has 0 saturated heterocycles. The monoisotopic (exact) mass is 386 g/mol. The highest BCUT2D eigenvalue weighted by Crippen LogP contribution is 2.32. The number of aromatic amines is 1. The Bertz CT molecular complexity index is 1210. The van der Waals surface area contributed by atoms with Crippen molar-refractivity contribution in [3.8, 4) is 11.5 Å². The van der Waals surface area contributed by atoms with Crippen LogP contribution in [0.1, 0.15) is 44.2 Å². The van der Waals surface area contributed by atoms with Gasteiger partial charge in [0.05, 0.1) is 11.0 Å². The van der Waals surface area contributed by atoms with Gasteiger partial charge in [-0.1, -0.05) is 32.8 Å². The number of nitrogens with zero attached hydrogens (tertiary/aromatic N) is 1. The maximum atomic E-state index is 12.1. The molecule has 29 heavy (non-hydrogen) atoms. The van der Waals surface area contributed by atoms with Crippen LogP contribution in [0.2, 0.25) is 0 Å². The molecule has 0 atom stereocenters. The molecule has 2 heterocycles. The van der Waals surface area contributed by atoms with Gasteiger partial charge >= 0.3 is 0 Å². The lowest BCUT2D eigenvalue weighted by Crippen LogP contribution is -2.01. The fourth-order valence-electron chi connectivity index (χ4n) is 3.77. The van der Waals surface area contributed by atoms with Crippen molar-refractivity contribution in [2.75, 3.05) is 0 Å². The van der Waals surface area contributed by atoms with Gasteiger partial charge in [0.25, 0.3) is 0 Å². The molecular formula is C25H26N2O2. The van der Waals surface area contributed by atoms with Gasteiger partial charge in [-0.05, 0) is 60.7 Å². The highest BCUT2D eigenvalue weighted by molar-refractivity contribution is 6.04. The maximum Gasteiger partial charge on any atom is 0.189 e. The van der Waals surface area contributed by atoms with E-state index in [9.17, 15) is 4.79 Å². The van der Waals surface area contributed by atoms with Crippen molar-refractivity contribution < 1.29 is 4.74 Å². The van der Waals surface area contributed by atoms with Gasteiger partial charge in [-0.3, -0.25) is 9.78 Å². The summed E-state index contributed by atoms with van der Waals surface area (Å²) in [7, 11) is 0. The molecule has 0 aliphatic carbocycles. The van der Waals surface area contributed by atoms with Crippen molar-refractivity contribution in [1.29, 1.82) is 0 Å². The van der Waals surface area contributed by atoms with Crippen molar-refractivity contribution in [1.82, 2.24) is 9.97 Å². The van der Waals surface area contributed by atoms with Crippen LogP contribution in [0.5, 0.6) is 11.5 Å². The highest BCUT2D eigenvalue weighted by Gasteiger charge is 2.10. The van der Waals surface area contributed by atoms with Gasteiger partial charge in [0.1, 0.15) is 11.5 Å². The third kappa shape index (κ3) is 4.02. The number of aromatic nitrogens is 2. The number of hydrogen-bond acceptors (Lipinski definition) is 3. The van der Waals surface area contributed by atoms with E-state index < -0.39 is 0 Å². The Morgan fingerprint density at radius 2 is 1.79 bits per heavy atom. The Labute approximate surface area is 170 Å². The van der Waals surface area contributed by atoms with E-state index in [0.717, 1.165) is 40.8 Å². The molecule has 0 bridgehead atoms. The number of fused-ring (bicyclic) bond motifs is 3. The van der Waals surface area contributed by atoms with Crippen molar-refractivity contribution in [3.63, 3.8) is 0 Å². The third-order valence-corrected chi connectivity index (χ3v) is 5.33. The lowest BCUT2D eigenvalue weighted by atomic mass is 10.0. The summed E-state index contributed by atoms with van der Waals surface area (Å²) in [6, 6.07) is 13.7. The molecule has 1 N–H and O–H groups in total. The quantitative estimate of drug-likeness (QED) is 0.305. The van der Waals surface area contributed by atoms with Crippen LogP contribution in [0.15, 0.2) is 59.7 Å². The predicted octanol–water partition coefficient (Wildman–Crippen LogP) is 6.16. The first-order chi connectivity index (χ1) is 14.2. The molecule has 4 rings (SSSR count). The number of benzene rings is 2. The van der Waals surface area contributed by atoms with Crippen LogP contribution < -0.4 is 10.2 Å². The van der Waals surface area contributed by atoms with Gasteiger partial charge in [-0.25, -0.2) is 0 Å². The first-order valence-electron chi connectivity index (χ1n) is 10.4. The molecule has 0 spiro atoms. The summed E-state index contributed by atoms with van der Waals surface area (Å²) in [5.74, 6) is 1.60.